The maximum atomic E-state index is 11.8. The molecule has 7 heteroatoms. The van der Waals surface area contributed by atoms with Crippen molar-refractivity contribution in [2.24, 2.45) is 22.7 Å². The van der Waals surface area contributed by atoms with Crippen molar-refractivity contribution in [3.63, 3.8) is 0 Å². The first-order valence-electron chi connectivity index (χ1n) is 7.63. The molecule has 0 aromatic rings. The molecule has 0 saturated carbocycles. The van der Waals surface area contributed by atoms with Crippen LogP contribution in [0.4, 0.5) is 0 Å². The van der Waals surface area contributed by atoms with Gasteiger partial charge in [-0.15, -0.1) is 0 Å². The summed E-state index contributed by atoms with van der Waals surface area (Å²) >= 11 is 0. The molecule has 0 amide bonds. The highest BCUT2D eigenvalue weighted by molar-refractivity contribution is 5.82. The zero-order valence-corrected chi connectivity index (χ0v) is 14.1. The van der Waals surface area contributed by atoms with E-state index in [1.54, 1.807) is 6.92 Å². The van der Waals surface area contributed by atoms with Gasteiger partial charge in [0, 0.05) is 19.6 Å². The summed E-state index contributed by atoms with van der Waals surface area (Å²) in [6.45, 7) is 8.17. The zero-order valence-electron chi connectivity index (χ0n) is 14.1. The minimum atomic E-state index is -0.296. The number of nitrogens with one attached hydrogen (secondary N) is 1. The van der Waals surface area contributed by atoms with Crippen molar-refractivity contribution < 1.29 is 19.1 Å². The Morgan fingerprint density at radius 1 is 1.32 bits per heavy atom. The van der Waals surface area contributed by atoms with Gasteiger partial charge in [-0.2, -0.15) is 0 Å². The van der Waals surface area contributed by atoms with E-state index < -0.39 is 0 Å². The van der Waals surface area contributed by atoms with Crippen LogP contribution in [0.15, 0.2) is 4.99 Å². The predicted molar refractivity (Wildman–Crippen MR) is 83.4 cm³/mol. The number of methoxy groups -OCH3 is 2. The molecule has 22 heavy (non-hydrogen) atoms. The fraction of sp³-hybridized carbons (Fsp3) is 0.800. The van der Waals surface area contributed by atoms with Crippen LogP contribution in [0, 0.1) is 17.8 Å². The lowest BCUT2D eigenvalue weighted by atomic mass is 9.99. The molecule has 126 valence electrons. The van der Waals surface area contributed by atoms with E-state index in [2.05, 4.69) is 10.3 Å². The van der Waals surface area contributed by atoms with Gasteiger partial charge >= 0.3 is 11.9 Å². The summed E-state index contributed by atoms with van der Waals surface area (Å²) in [4.78, 5) is 29.8. The van der Waals surface area contributed by atoms with Crippen molar-refractivity contribution in [2.75, 3.05) is 40.4 Å². The van der Waals surface area contributed by atoms with Crippen molar-refractivity contribution in [2.45, 2.75) is 20.8 Å². The average molecular weight is 313 g/mol. The number of hydrogen-bond acceptors (Lipinski definition) is 5. The minimum Gasteiger partial charge on any atom is -0.469 e. The largest absolute Gasteiger partial charge is 0.469 e. The molecular formula is C15H27N3O4. The molecule has 3 unspecified atom stereocenters. The van der Waals surface area contributed by atoms with E-state index in [0.717, 1.165) is 19.0 Å². The van der Waals surface area contributed by atoms with Crippen LogP contribution in [0.1, 0.15) is 20.8 Å². The van der Waals surface area contributed by atoms with E-state index in [4.69, 9.17) is 9.47 Å². The molecule has 3 atom stereocenters. The first-order chi connectivity index (χ1) is 10.4. The number of ether oxygens (including phenoxy) is 2. The molecule has 0 spiro atoms. The minimum absolute atomic E-state index is 0.146. The number of rotatable bonds is 5. The highest BCUT2D eigenvalue weighted by atomic mass is 16.5. The van der Waals surface area contributed by atoms with Crippen molar-refractivity contribution in [1.82, 2.24) is 10.2 Å². The average Bonchev–Trinajstić information content (AvgIpc) is 2.91. The van der Waals surface area contributed by atoms with Gasteiger partial charge in [-0.1, -0.05) is 13.8 Å². The van der Waals surface area contributed by atoms with Crippen LogP contribution in [0.25, 0.3) is 0 Å². The monoisotopic (exact) mass is 313 g/mol. The summed E-state index contributed by atoms with van der Waals surface area (Å²) in [7, 11) is 2.78. The van der Waals surface area contributed by atoms with E-state index >= 15 is 0 Å². The molecular weight excluding hydrogens is 286 g/mol. The lowest BCUT2D eigenvalue weighted by Crippen LogP contribution is -2.41. The van der Waals surface area contributed by atoms with E-state index in [9.17, 15) is 9.59 Å². The van der Waals surface area contributed by atoms with Crippen LogP contribution in [0.5, 0.6) is 0 Å². The molecule has 0 aliphatic carbocycles. The summed E-state index contributed by atoms with van der Waals surface area (Å²) < 4.78 is 9.56. The number of carbonyl (C=O) groups excluding carboxylic acids is 2. The first-order valence-corrected chi connectivity index (χ1v) is 7.63. The van der Waals surface area contributed by atoms with Gasteiger partial charge < -0.3 is 19.7 Å². The molecule has 0 bridgehead atoms. The van der Waals surface area contributed by atoms with E-state index in [-0.39, 0.29) is 29.7 Å². The molecule has 1 heterocycles. The Balaban J connectivity index is 2.75. The van der Waals surface area contributed by atoms with Crippen LogP contribution in [0.2, 0.25) is 0 Å². The Hall–Kier alpha value is -1.79. The summed E-state index contributed by atoms with van der Waals surface area (Å²) in [5.74, 6) is 0.0171. The molecule has 1 aliphatic heterocycles. The van der Waals surface area contributed by atoms with Crippen molar-refractivity contribution in [3.05, 3.63) is 0 Å². The van der Waals surface area contributed by atoms with Gasteiger partial charge in [-0.3, -0.25) is 14.6 Å². The molecule has 0 radical (unpaired) electrons. The van der Waals surface area contributed by atoms with Crippen molar-refractivity contribution in [3.8, 4) is 0 Å². The molecule has 0 aromatic heterocycles. The van der Waals surface area contributed by atoms with Gasteiger partial charge in [0.25, 0.3) is 0 Å². The standard InChI is InChI=1S/C15H27N3O4/c1-6-16-15(17-7-10(2)13(19)21-4)18-8-11(3)12(9-18)14(20)22-5/h10-12H,6-9H2,1-5H3,(H,16,17). The number of aliphatic imine (C=N–C) groups is 1. The topological polar surface area (TPSA) is 80.2 Å². The lowest BCUT2D eigenvalue weighted by molar-refractivity contribution is -0.146. The zero-order chi connectivity index (χ0) is 16.7. The predicted octanol–water partition coefficient (Wildman–Crippen LogP) is 0.502. The number of esters is 2. The van der Waals surface area contributed by atoms with E-state index in [1.165, 1.54) is 14.2 Å². The summed E-state index contributed by atoms with van der Waals surface area (Å²) in [6, 6.07) is 0. The fourth-order valence-electron chi connectivity index (χ4n) is 2.52. The van der Waals surface area contributed by atoms with E-state index in [0.29, 0.717) is 13.1 Å². The third-order valence-electron chi connectivity index (χ3n) is 3.87. The Morgan fingerprint density at radius 2 is 2.00 bits per heavy atom. The smallest absolute Gasteiger partial charge is 0.310 e. The van der Waals surface area contributed by atoms with Gasteiger partial charge in [0.15, 0.2) is 5.96 Å². The summed E-state index contributed by atoms with van der Waals surface area (Å²) in [5, 5.41) is 3.21. The second-order valence-electron chi connectivity index (χ2n) is 5.63. The molecule has 7 nitrogen and oxygen atoms in total. The van der Waals surface area contributed by atoms with Gasteiger partial charge in [0.2, 0.25) is 0 Å². The van der Waals surface area contributed by atoms with Crippen molar-refractivity contribution >= 4 is 17.9 Å². The molecule has 1 saturated heterocycles. The molecule has 0 aromatic carbocycles. The highest BCUT2D eigenvalue weighted by Gasteiger charge is 2.36. The number of likely N-dealkylation sites (tertiary alicyclic amines) is 1. The van der Waals surface area contributed by atoms with Crippen molar-refractivity contribution in [1.29, 1.82) is 0 Å². The molecule has 1 N–H and O–H groups in total. The van der Waals surface area contributed by atoms with Gasteiger partial charge in [-0.05, 0) is 12.8 Å². The molecule has 1 fully saturated rings. The van der Waals surface area contributed by atoms with Gasteiger partial charge in [-0.25, -0.2) is 0 Å². The van der Waals surface area contributed by atoms with Crippen LogP contribution in [0.3, 0.4) is 0 Å². The van der Waals surface area contributed by atoms with Crippen LogP contribution >= 0.6 is 0 Å². The van der Waals surface area contributed by atoms with Gasteiger partial charge in [0.05, 0.1) is 32.6 Å². The van der Waals surface area contributed by atoms with Gasteiger partial charge in [0.1, 0.15) is 0 Å². The van der Waals surface area contributed by atoms with E-state index in [1.807, 2.05) is 18.7 Å². The quantitative estimate of drug-likeness (QED) is 0.452. The number of guanidine groups is 1. The Bertz CT molecular complexity index is 425. The normalized spacial score (nSPS) is 23.1. The third-order valence-corrected chi connectivity index (χ3v) is 3.87. The second kappa shape index (κ2) is 8.60. The van der Waals surface area contributed by atoms with Crippen LogP contribution < -0.4 is 5.32 Å². The van der Waals surface area contributed by atoms with Crippen LogP contribution in [-0.2, 0) is 19.1 Å². The number of hydrogen-bond donors (Lipinski definition) is 1. The fourth-order valence-corrected chi connectivity index (χ4v) is 2.52. The molecule has 1 rings (SSSR count). The summed E-state index contributed by atoms with van der Waals surface area (Å²) in [5.41, 5.74) is 0. The number of nitrogens with zero attached hydrogens (tertiary/aromatic N) is 2. The molecule has 1 aliphatic rings. The second-order valence-corrected chi connectivity index (χ2v) is 5.63. The third kappa shape index (κ3) is 4.61. The lowest BCUT2D eigenvalue weighted by Gasteiger charge is -2.22. The van der Waals surface area contributed by atoms with Crippen LogP contribution in [-0.4, -0.2) is 63.2 Å². The maximum Gasteiger partial charge on any atom is 0.310 e. The Labute approximate surface area is 132 Å². The SMILES string of the molecule is CCNC(=NCC(C)C(=O)OC)N1CC(C)C(C(=O)OC)C1. The number of carbonyl (C=O) groups is 2. The Morgan fingerprint density at radius 3 is 2.55 bits per heavy atom. The highest BCUT2D eigenvalue weighted by Crippen LogP contribution is 2.24. The Kier molecular flexibility index (Phi) is 7.14. The summed E-state index contributed by atoms with van der Waals surface area (Å²) in [6.07, 6.45) is 0. The maximum absolute atomic E-state index is 11.8. The first kappa shape index (κ1) is 18.3.